The molecule has 3 amide bonds. The molecule has 17 rings (SSSR count). The molecule has 4 unspecified atom stereocenters. The van der Waals surface area contributed by atoms with Crippen molar-refractivity contribution in [2.24, 2.45) is 0 Å². The molecule has 34 heteroatoms. The van der Waals surface area contributed by atoms with Crippen LogP contribution >= 0.6 is 27.0 Å². The number of amides is 3. The lowest BCUT2D eigenvalue weighted by molar-refractivity contribution is -0.128. The molecule has 5 saturated heterocycles. The molecule has 137 heavy (non-hydrogen) atoms. The number of benzene rings is 6. The summed E-state index contributed by atoms with van der Waals surface area (Å²) in [7, 11) is -1.37. The van der Waals surface area contributed by atoms with Crippen LogP contribution in [0.15, 0.2) is 127 Å². The second-order valence-electron chi connectivity index (χ2n) is 38.8. The number of aromatic hydroxyl groups is 1. The first-order valence-corrected chi connectivity index (χ1v) is 49.2. The second kappa shape index (κ2) is 45.8. The van der Waals surface area contributed by atoms with Crippen LogP contribution in [0.25, 0.3) is 32.3 Å². The number of phenolic OH excluding ortho intramolecular Hbond substituents is 1. The zero-order valence-corrected chi connectivity index (χ0v) is 84.3. The van der Waals surface area contributed by atoms with E-state index in [0.717, 1.165) is 152 Å². The highest BCUT2D eigenvalue weighted by molar-refractivity contribution is 7.84. The number of piperazine rings is 3. The van der Waals surface area contributed by atoms with Crippen molar-refractivity contribution in [1.29, 1.82) is 15.8 Å². The monoisotopic (exact) mass is 1920 g/mol. The van der Waals surface area contributed by atoms with Gasteiger partial charge in [0, 0.05) is 179 Å². The Balaban J connectivity index is 0.000000173. The molecule has 0 aliphatic carbocycles. The lowest BCUT2D eigenvalue weighted by Crippen LogP contribution is -2.56. The number of phenols is 1. The Kier molecular flexibility index (Phi) is 34.4. The molecule has 9 aromatic rings. The third-order valence-electron chi connectivity index (χ3n) is 26.3. The van der Waals surface area contributed by atoms with Gasteiger partial charge in [0.25, 0.3) is 0 Å². The maximum atomic E-state index is 13.1. The van der Waals surface area contributed by atoms with Crippen LogP contribution in [0.2, 0.25) is 0 Å². The zero-order chi connectivity index (χ0) is 95.5. The number of carbonyl (C=O) groups is 3. The van der Waals surface area contributed by atoms with Gasteiger partial charge in [-0.1, -0.05) is 91.5 Å². The van der Waals surface area contributed by atoms with E-state index < -0.39 is 28.1 Å². The third-order valence-corrected chi connectivity index (χ3v) is 27.0. The molecular weight excluding hydrogens is 1790 g/mol. The van der Waals surface area contributed by atoms with Crippen LogP contribution in [0.4, 0.5) is 44.1 Å². The Morgan fingerprint density at radius 3 is 1.24 bits per heavy atom. The summed E-state index contributed by atoms with van der Waals surface area (Å²) in [5.41, 5.74) is 10.5. The Labute approximate surface area is 822 Å². The van der Waals surface area contributed by atoms with E-state index in [2.05, 4.69) is 184 Å². The number of rotatable bonds is 21. The number of hydrogen-bond acceptors (Lipinski definition) is 28. The largest absolute Gasteiger partial charge is 0.508 e. The van der Waals surface area contributed by atoms with Crippen LogP contribution in [0.3, 0.4) is 0 Å². The van der Waals surface area contributed by atoms with E-state index in [9.17, 15) is 39.5 Å². The number of fused-ring (bicyclic) bond motifs is 6. The number of carbonyl (C=O) groups excluding carboxylic acids is 3. The number of nitrogens with zero attached hydrogens (tertiary/aromatic N) is 20. The van der Waals surface area contributed by atoms with Crippen molar-refractivity contribution in [2.45, 2.75) is 213 Å². The lowest BCUT2D eigenvalue weighted by atomic mass is 10.00. The van der Waals surface area contributed by atoms with Crippen LogP contribution < -0.4 is 38.9 Å². The summed E-state index contributed by atoms with van der Waals surface area (Å²) in [5.74, 6) is 2.48. The number of hydrogen-bond donors (Lipinski definition) is 1. The smallest absolute Gasteiger partial charge is 0.410 e. The summed E-state index contributed by atoms with van der Waals surface area (Å²) in [4.78, 5) is 91.6. The topological polar surface area (TPSA) is 328 Å². The van der Waals surface area contributed by atoms with Gasteiger partial charge >= 0.3 is 24.2 Å². The molecule has 6 aromatic carbocycles. The fourth-order valence-corrected chi connectivity index (χ4v) is 20.2. The quantitative estimate of drug-likeness (QED) is 0.0397. The third kappa shape index (κ3) is 25.1. The van der Waals surface area contributed by atoms with E-state index in [0.29, 0.717) is 127 Å². The SMILES string of the molecule is C=CC(=O)N1CCN(c2nc(OCCCN3C[C@H](C)OC[C@@H]3C)nc3c2CCN(c2cc(O)cc4ccccc24)C3)CC1CC#N.Cc1cc(N2CCc3c(nc(OCCCN4C[C@H](C)OC[C@@H]4C)nc3N3CCN(C(=O)OC(C)(C)C)C(CC#N)C3)C2)c2ccccc2c1.Cc1cc(N2CCc3c(nc(S(C)=O)nc3N3CCN(C(=O)OC(C)(C)C)C(CC#N)C3)C2)c2ccccc2c1.S.S. The molecule has 8 aliphatic rings. The Morgan fingerprint density at radius 1 is 0.489 bits per heavy atom. The highest BCUT2D eigenvalue weighted by Gasteiger charge is 2.41. The summed E-state index contributed by atoms with van der Waals surface area (Å²) in [5, 5.41) is 46.5. The molecule has 0 saturated carbocycles. The van der Waals surface area contributed by atoms with Crippen molar-refractivity contribution in [1.82, 2.24) is 54.4 Å². The second-order valence-corrected chi connectivity index (χ2v) is 40.1. The molecular formula is C103H134N20O11S3. The molecule has 8 atom stereocenters. The number of aromatic nitrogens is 6. The molecule has 0 radical (unpaired) electrons. The first-order chi connectivity index (χ1) is 64.9. The van der Waals surface area contributed by atoms with Gasteiger partial charge in [0.05, 0.1) is 142 Å². The summed E-state index contributed by atoms with van der Waals surface area (Å²) in [6.45, 7) is 42.3. The maximum Gasteiger partial charge on any atom is 0.410 e. The van der Waals surface area contributed by atoms with Gasteiger partial charge in [-0.2, -0.15) is 62.7 Å². The summed E-state index contributed by atoms with van der Waals surface area (Å²) < 4.78 is 48.1. The molecule has 31 nitrogen and oxygen atoms in total. The van der Waals surface area contributed by atoms with Crippen molar-refractivity contribution < 1.29 is 52.1 Å². The molecule has 730 valence electrons. The van der Waals surface area contributed by atoms with E-state index in [4.69, 9.17) is 58.3 Å². The van der Waals surface area contributed by atoms with Crippen molar-refractivity contribution in [3.8, 4) is 36.0 Å². The molecule has 8 aliphatic heterocycles. The number of morpholine rings is 2. The standard InChI is InChI=1S/C38H51N7O4.C35H43N7O4.C30H36N6O3S.2H2S/c1-26-20-29-10-7-8-11-31(29)34(21-26)43-16-13-32-33(24-43)40-36(47-19-9-15-42-22-28(3)48-25-27(42)2)41-35(32)44-17-18-45(30(23-44)12-14-39)37(46)49-38(4,5)6;1-4-33(44)42-16-15-41(21-27(42)10-12-36)34-30-11-14-40(32-19-28(43)18-26-8-5-6-9-29(26)32)22-31(30)37-35(38-34)45-17-7-13-39-20-25(3)46-23-24(39)2;1-20-16-21-8-6-7-9-23(21)26(17-20)34-13-11-24-25(19-34)32-28(40(5)38)33-27(24)35-14-15-36(22(18-35)10-12-31)29(37)39-30(2,3)4;;/h7-8,10-11,20-21,27-28,30H,9,12-13,15-19,22-25H2,1-6H3;4-6,8-9,18-19,24-25,27,43H,1,7,10-11,13-17,20-23H2,2-3H3;6-9,16-17,22H,10-11,13-15,18-19H2,1-5H3;2*1H2/t27-,28-,30?;24-,25-,27?;;;/m00.../s1. The minimum absolute atomic E-state index is 0. The van der Waals surface area contributed by atoms with E-state index in [-0.39, 0.29) is 94.3 Å². The lowest BCUT2D eigenvalue weighted by Gasteiger charge is -2.42. The van der Waals surface area contributed by atoms with Crippen molar-refractivity contribution in [2.75, 3.05) is 167 Å². The molecule has 3 aromatic heterocycles. The van der Waals surface area contributed by atoms with Gasteiger partial charge in [0.1, 0.15) is 34.4 Å². The molecule has 5 fully saturated rings. The number of nitriles is 3. The first kappa shape index (κ1) is 103. The van der Waals surface area contributed by atoms with Crippen molar-refractivity contribution >= 4 is 123 Å². The molecule has 11 heterocycles. The van der Waals surface area contributed by atoms with E-state index in [1.165, 1.54) is 50.1 Å². The van der Waals surface area contributed by atoms with Crippen LogP contribution in [-0.2, 0) is 73.4 Å². The number of ether oxygens (including phenoxy) is 6. The summed E-state index contributed by atoms with van der Waals surface area (Å²) in [6.07, 6.45) is 7.10. The Hall–Kier alpha value is -11.6. The van der Waals surface area contributed by atoms with Crippen LogP contribution in [0.5, 0.6) is 17.8 Å². The fraction of sp³-hybridized carbons (Fsp3) is 0.515. The van der Waals surface area contributed by atoms with E-state index in [1.807, 2.05) is 65.8 Å². The van der Waals surface area contributed by atoms with Crippen LogP contribution in [0.1, 0.15) is 146 Å². The fourth-order valence-electron chi connectivity index (χ4n) is 19.7. The normalized spacial score (nSPS) is 20.5. The van der Waals surface area contributed by atoms with Gasteiger partial charge in [-0.3, -0.25) is 18.8 Å². The van der Waals surface area contributed by atoms with E-state index >= 15 is 0 Å². The molecule has 0 spiro atoms. The van der Waals surface area contributed by atoms with Gasteiger partial charge in [-0.15, -0.1) is 0 Å². The van der Waals surface area contributed by atoms with Crippen molar-refractivity contribution in [3.05, 3.63) is 167 Å². The number of anilines is 6. The zero-order valence-electron chi connectivity index (χ0n) is 81.5. The van der Waals surface area contributed by atoms with Crippen LogP contribution in [0, 0.1) is 47.8 Å². The Morgan fingerprint density at radius 2 is 0.854 bits per heavy atom. The van der Waals surface area contributed by atoms with E-state index in [1.54, 1.807) is 27.0 Å². The number of aryl methyl sites for hydroxylation is 2. The Bertz CT molecular complexity index is 5960. The predicted molar refractivity (Wildman–Crippen MR) is 546 cm³/mol. The molecule has 1 N–H and O–H groups in total. The average molecular weight is 1920 g/mol. The average Bonchev–Trinajstić information content (AvgIpc) is 0.756. The minimum Gasteiger partial charge on any atom is -0.508 e. The maximum absolute atomic E-state index is 13.1. The van der Waals surface area contributed by atoms with Gasteiger partial charge in [0.2, 0.25) is 11.1 Å². The van der Waals surface area contributed by atoms with Gasteiger partial charge in [-0.05, 0) is 167 Å². The van der Waals surface area contributed by atoms with Gasteiger partial charge < -0.3 is 77.6 Å². The van der Waals surface area contributed by atoms with Crippen LogP contribution in [-0.4, -0.2) is 273 Å². The molecule has 0 bridgehead atoms. The van der Waals surface area contributed by atoms with Gasteiger partial charge in [0.15, 0.2) is 0 Å². The minimum atomic E-state index is -1.37. The highest BCUT2D eigenvalue weighted by Crippen LogP contribution is 2.42. The summed E-state index contributed by atoms with van der Waals surface area (Å²) in [6, 6.07) is 44.8. The first-order valence-electron chi connectivity index (χ1n) is 47.6. The van der Waals surface area contributed by atoms with Crippen molar-refractivity contribution in [3.63, 3.8) is 0 Å². The highest BCUT2D eigenvalue weighted by atomic mass is 32.2. The van der Waals surface area contributed by atoms with Gasteiger partial charge in [-0.25, -0.2) is 19.6 Å². The predicted octanol–water partition coefficient (Wildman–Crippen LogP) is 14.4. The summed E-state index contributed by atoms with van der Waals surface area (Å²) >= 11 is 0.